The van der Waals surface area contributed by atoms with Crippen molar-refractivity contribution in [3.63, 3.8) is 0 Å². The van der Waals surface area contributed by atoms with Crippen molar-refractivity contribution in [2.75, 3.05) is 0 Å². The highest BCUT2D eigenvalue weighted by molar-refractivity contribution is 5.96. The fraction of sp³-hybridized carbons (Fsp3) is 0.0714. The molecule has 0 aliphatic carbocycles. The van der Waals surface area contributed by atoms with Crippen LogP contribution in [0.1, 0.15) is 10.4 Å². The average Bonchev–Trinajstić information content (AvgIpc) is 2.76. The monoisotopic (exact) mass is 253 g/mol. The SMILES string of the molecule is Cn1c(-c2ccccc2C(=O)O)nc2cnccc21. The van der Waals surface area contributed by atoms with Gasteiger partial charge >= 0.3 is 5.97 Å². The van der Waals surface area contributed by atoms with Crippen molar-refractivity contribution in [3.05, 3.63) is 48.3 Å². The molecule has 0 unspecified atom stereocenters. The Bertz CT molecular complexity index is 777. The third-order valence-electron chi connectivity index (χ3n) is 3.08. The van der Waals surface area contributed by atoms with Crippen molar-refractivity contribution in [2.45, 2.75) is 0 Å². The number of aromatic nitrogens is 3. The summed E-state index contributed by atoms with van der Waals surface area (Å²) in [6, 6.07) is 8.71. The van der Waals surface area contributed by atoms with Gasteiger partial charge < -0.3 is 9.67 Å². The summed E-state index contributed by atoms with van der Waals surface area (Å²) in [5, 5.41) is 9.24. The van der Waals surface area contributed by atoms with Gasteiger partial charge in [-0.15, -0.1) is 0 Å². The van der Waals surface area contributed by atoms with Gasteiger partial charge in [0.15, 0.2) is 0 Å². The molecule has 0 saturated heterocycles. The lowest BCUT2D eigenvalue weighted by molar-refractivity contribution is 0.0697. The zero-order valence-electron chi connectivity index (χ0n) is 10.2. The minimum Gasteiger partial charge on any atom is -0.478 e. The van der Waals surface area contributed by atoms with Crippen LogP contribution in [0.15, 0.2) is 42.7 Å². The predicted molar refractivity (Wildman–Crippen MR) is 70.9 cm³/mol. The van der Waals surface area contributed by atoms with Gasteiger partial charge in [0.2, 0.25) is 0 Å². The summed E-state index contributed by atoms with van der Waals surface area (Å²) in [5.41, 5.74) is 2.52. The van der Waals surface area contributed by atoms with Crippen LogP contribution in [-0.2, 0) is 7.05 Å². The first-order chi connectivity index (χ1) is 9.18. The van der Waals surface area contributed by atoms with Gasteiger partial charge in [-0.2, -0.15) is 0 Å². The molecule has 0 bridgehead atoms. The van der Waals surface area contributed by atoms with E-state index in [0.29, 0.717) is 11.4 Å². The van der Waals surface area contributed by atoms with Gasteiger partial charge in [0.05, 0.1) is 17.3 Å². The zero-order valence-corrected chi connectivity index (χ0v) is 10.2. The maximum atomic E-state index is 11.3. The maximum absolute atomic E-state index is 11.3. The summed E-state index contributed by atoms with van der Waals surface area (Å²) in [7, 11) is 1.86. The fourth-order valence-electron chi connectivity index (χ4n) is 2.16. The molecule has 1 aromatic carbocycles. The van der Waals surface area contributed by atoms with Gasteiger partial charge in [0, 0.05) is 18.8 Å². The van der Waals surface area contributed by atoms with Crippen LogP contribution in [0, 0.1) is 0 Å². The first kappa shape index (κ1) is 11.4. The quantitative estimate of drug-likeness (QED) is 0.761. The Morgan fingerprint density at radius 3 is 2.79 bits per heavy atom. The summed E-state index contributed by atoms with van der Waals surface area (Å²) < 4.78 is 1.87. The molecule has 0 fully saturated rings. The van der Waals surface area contributed by atoms with Crippen LogP contribution in [-0.4, -0.2) is 25.6 Å². The van der Waals surface area contributed by atoms with Crippen LogP contribution in [0.2, 0.25) is 0 Å². The summed E-state index contributed by atoms with van der Waals surface area (Å²) >= 11 is 0. The van der Waals surface area contributed by atoms with E-state index < -0.39 is 5.97 Å². The minimum atomic E-state index is -0.958. The molecule has 0 spiro atoms. The van der Waals surface area contributed by atoms with Crippen LogP contribution in [0.5, 0.6) is 0 Å². The number of hydrogen-bond acceptors (Lipinski definition) is 3. The minimum absolute atomic E-state index is 0.244. The standard InChI is InChI=1S/C14H11N3O2/c1-17-12-6-7-15-8-11(12)16-13(17)9-4-2-3-5-10(9)14(18)19/h2-8H,1H3,(H,18,19). The Morgan fingerprint density at radius 2 is 2.05 bits per heavy atom. The molecule has 0 aliphatic rings. The number of aryl methyl sites for hydroxylation is 1. The van der Waals surface area contributed by atoms with Crippen LogP contribution < -0.4 is 0 Å². The van der Waals surface area contributed by atoms with E-state index in [1.807, 2.05) is 17.7 Å². The third kappa shape index (κ3) is 1.76. The predicted octanol–water partition coefficient (Wildman–Crippen LogP) is 2.33. The number of hydrogen-bond donors (Lipinski definition) is 1. The second-order valence-corrected chi connectivity index (χ2v) is 4.21. The first-order valence-electron chi connectivity index (χ1n) is 5.77. The molecule has 0 saturated carbocycles. The maximum Gasteiger partial charge on any atom is 0.336 e. The number of benzene rings is 1. The Labute approximate surface area is 109 Å². The van der Waals surface area contributed by atoms with E-state index in [0.717, 1.165) is 11.0 Å². The Kier molecular flexibility index (Phi) is 2.52. The molecule has 2 aromatic heterocycles. The van der Waals surface area contributed by atoms with Gasteiger partial charge in [-0.1, -0.05) is 18.2 Å². The Morgan fingerprint density at radius 1 is 1.26 bits per heavy atom. The molecule has 1 N–H and O–H groups in total. The van der Waals surface area contributed by atoms with E-state index in [1.54, 1.807) is 36.7 Å². The molecule has 0 radical (unpaired) electrons. The van der Waals surface area contributed by atoms with Crippen molar-refractivity contribution in [1.29, 1.82) is 0 Å². The van der Waals surface area contributed by atoms with Crippen LogP contribution in [0.25, 0.3) is 22.4 Å². The molecule has 94 valence electrons. The number of rotatable bonds is 2. The van der Waals surface area contributed by atoms with Gasteiger partial charge in [-0.05, 0) is 12.1 Å². The molecule has 0 atom stereocenters. The van der Waals surface area contributed by atoms with E-state index in [4.69, 9.17) is 0 Å². The van der Waals surface area contributed by atoms with E-state index in [2.05, 4.69) is 9.97 Å². The lowest BCUT2D eigenvalue weighted by Crippen LogP contribution is -2.02. The first-order valence-corrected chi connectivity index (χ1v) is 5.77. The molecule has 5 heteroatoms. The zero-order chi connectivity index (χ0) is 13.4. The molecular formula is C14H11N3O2. The topological polar surface area (TPSA) is 68.0 Å². The lowest BCUT2D eigenvalue weighted by atomic mass is 10.1. The van der Waals surface area contributed by atoms with Crippen molar-refractivity contribution in [1.82, 2.24) is 14.5 Å². The second kappa shape index (κ2) is 4.20. The van der Waals surface area contributed by atoms with E-state index >= 15 is 0 Å². The summed E-state index contributed by atoms with van der Waals surface area (Å²) in [4.78, 5) is 19.8. The molecule has 0 aliphatic heterocycles. The number of imidazole rings is 1. The summed E-state index contributed by atoms with van der Waals surface area (Å²) in [6.07, 6.45) is 3.36. The molecule has 3 rings (SSSR count). The number of fused-ring (bicyclic) bond motifs is 1. The van der Waals surface area contributed by atoms with Gasteiger partial charge in [-0.3, -0.25) is 4.98 Å². The second-order valence-electron chi connectivity index (χ2n) is 4.21. The highest BCUT2D eigenvalue weighted by atomic mass is 16.4. The Balaban J connectivity index is 2.31. The van der Waals surface area contributed by atoms with Crippen molar-refractivity contribution in [2.24, 2.45) is 7.05 Å². The van der Waals surface area contributed by atoms with Crippen LogP contribution in [0.4, 0.5) is 0 Å². The number of pyridine rings is 1. The summed E-state index contributed by atoms with van der Waals surface area (Å²) in [6.45, 7) is 0. The largest absolute Gasteiger partial charge is 0.478 e. The van der Waals surface area contributed by atoms with Gasteiger partial charge in [-0.25, -0.2) is 9.78 Å². The molecule has 0 amide bonds. The van der Waals surface area contributed by atoms with Gasteiger partial charge in [0.1, 0.15) is 11.3 Å². The number of nitrogens with zero attached hydrogens (tertiary/aromatic N) is 3. The fourth-order valence-corrected chi connectivity index (χ4v) is 2.16. The van der Waals surface area contributed by atoms with Crippen molar-refractivity contribution in [3.8, 4) is 11.4 Å². The van der Waals surface area contributed by atoms with E-state index in [9.17, 15) is 9.90 Å². The van der Waals surface area contributed by atoms with Crippen LogP contribution >= 0.6 is 0 Å². The van der Waals surface area contributed by atoms with E-state index in [-0.39, 0.29) is 5.56 Å². The number of aromatic carboxylic acids is 1. The third-order valence-corrected chi connectivity index (χ3v) is 3.08. The van der Waals surface area contributed by atoms with Crippen LogP contribution in [0.3, 0.4) is 0 Å². The number of carbonyl (C=O) groups is 1. The normalized spacial score (nSPS) is 10.8. The molecule has 19 heavy (non-hydrogen) atoms. The van der Waals surface area contributed by atoms with E-state index in [1.165, 1.54) is 0 Å². The average molecular weight is 253 g/mol. The summed E-state index contributed by atoms with van der Waals surface area (Å²) in [5.74, 6) is -0.332. The van der Waals surface area contributed by atoms with Gasteiger partial charge in [0.25, 0.3) is 0 Å². The lowest BCUT2D eigenvalue weighted by Gasteiger charge is -2.05. The number of carboxylic acid groups (broad SMARTS) is 1. The Hall–Kier alpha value is -2.69. The highest BCUT2D eigenvalue weighted by Crippen LogP contribution is 2.25. The highest BCUT2D eigenvalue weighted by Gasteiger charge is 2.16. The molecule has 2 heterocycles. The molecule has 3 aromatic rings. The molecular weight excluding hydrogens is 242 g/mol. The molecule has 5 nitrogen and oxygen atoms in total. The van der Waals surface area contributed by atoms with Crippen molar-refractivity contribution >= 4 is 17.0 Å². The number of carboxylic acids is 1. The smallest absolute Gasteiger partial charge is 0.336 e. The van der Waals surface area contributed by atoms with Crippen molar-refractivity contribution < 1.29 is 9.90 Å².